The Kier molecular flexibility index (Phi) is 4.20. The minimum Gasteiger partial charge on any atom is -0.371 e. The molecule has 1 N–H and O–H groups in total. The van der Waals surface area contributed by atoms with Gasteiger partial charge in [-0.25, -0.2) is 0 Å². The molecule has 3 rings (SSSR count). The molecule has 0 unspecified atom stereocenters. The van der Waals surface area contributed by atoms with Gasteiger partial charge in [-0.05, 0) is 55.5 Å². The Hall–Kier alpha value is -2.54. The maximum Gasteiger partial charge on any atom is 0.266 e. The number of nitriles is 1. The number of rotatable bonds is 3. The molecular formula is C19H21N3O. The number of hydrogen-bond acceptors (Lipinski definition) is 3. The predicted octanol–water partition coefficient (Wildman–Crippen LogP) is 3.38. The Balaban J connectivity index is 2.10. The van der Waals surface area contributed by atoms with Gasteiger partial charge in [0.2, 0.25) is 0 Å². The van der Waals surface area contributed by atoms with E-state index in [9.17, 15) is 10.1 Å². The van der Waals surface area contributed by atoms with Crippen LogP contribution in [0, 0.1) is 18.3 Å². The van der Waals surface area contributed by atoms with Crippen molar-refractivity contribution >= 4 is 5.69 Å². The number of benzene rings is 1. The van der Waals surface area contributed by atoms with Gasteiger partial charge in [0, 0.05) is 30.0 Å². The minimum absolute atomic E-state index is 0.191. The first-order chi connectivity index (χ1) is 11.1. The number of nitrogens with zero attached hydrogens (tertiary/aromatic N) is 2. The molecule has 4 heteroatoms. The van der Waals surface area contributed by atoms with Crippen LogP contribution in [0.15, 0.2) is 29.1 Å². The lowest BCUT2D eigenvalue weighted by Crippen LogP contribution is -2.29. The highest BCUT2D eigenvalue weighted by molar-refractivity contribution is 5.74. The second kappa shape index (κ2) is 6.29. The third kappa shape index (κ3) is 2.87. The minimum atomic E-state index is -0.312. The normalized spacial score (nSPS) is 13.5. The Morgan fingerprint density at radius 3 is 2.91 bits per heavy atom. The van der Waals surface area contributed by atoms with Gasteiger partial charge < -0.3 is 9.88 Å². The van der Waals surface area contributed by atoms with E-state index in [0.717, 1.165) is 49.2 Å². The van der Waals surface area contributed by atoms with Crippen molar-refractivity contribution in [1.82, 2.24) is 4.98 Å². The van der Waals surface area contributed by atoms with Crippen LogP contribution in [0.2, 0.25) is 0 Å². The van der Waals surface area contributed by atoms with Crippen LogP contribution in [0.5, 0.6) is 0 Å². The SMILES string of the molecule is CCCN1CCCc2cc(-c3cc(C)[nH]c(=O)c3C#N)ccc21. The summed E-state index contributed by atoms with van der Waals surface area (Å²) in [7, 11) is 0. The number of aryl methyl sites for hydroxylation is 2. The lowest BCUT2D eigenvalue weighted by molar-refractivity contribution is 0.681. The van der Waals surface area contributed by atoms with E-state index in [2.05, 4.69) is 28.9 Å². The molecule has 2 heterocycles. The first-order valence-electron chi connectivity index (χ1n) is 8.16. The molecule has 1 aliphatic heterocycles. The summed E-state index contributed by atoms with van der Waals surface area (Å²) in [5, 5.41) is 9.32. The summed E-state index contributed by atoms with van der Waals surface area (Å²) < 4.78 is 0. The molecule has 0 saturated heterocycles. The van der Waals surface area contributed by atoms with Crippen molar-refractivity contribution < 1.29 is 0 Å². The third-order valence-corrected chi connectivity index (χ3v) is 4.38. The van der Waals surface area contributed by atoms with Crippen molar-refractivity contribution in [2.24, 2.45) is 0 Å². The summed E-state index contributed by atoms with van der Waals surface area (Å²) >= 11 is 0. The van der Waals surface area contributed by atoms with Gasteiger partial charge in [-0.3, -0.25) is 4.79 Å². The number of nitrogens with one attached hydrogen (secondary N) is 1. The van der Waals surface area contributed by atoms with E-state index in [1.807, 2.05) is 25.1 Å². The average molecular weight is 307 g/mol. The lowest BCUT2D eigenvalue weighted by Gasteiger charge is -2.31. The standard InChI is InChI=1S/C19H21N3O/c1-3-8-22-9-4-5-15-11-14(6-7-18(15)22)16-10-13(2)21-19(23)17(16)12-20/h6-7,10-11H,3-5,8-9H2,1-2H3,(H,21,23). The van der Waals surface area contributed by atoms with Crippen LogP contribution >= 0.6 is 0 Å². The Morgan fingerprint density at radius 1 is 1.35 bits per heavy atom. The average Bonchev–Trinajstić information content (AvgIpc) is 2.54. The molecule has 0 radical (unpaired) electrons. The maximum atomic E-state index is 12.0. The van der Waals surface area contributed by atoms with Gasteiger partial charge in [0.05, 0.1) is 0 Å². The fourth-order valence-corrected chi connectivity index (χ4v) is 3.37. The summed E-state index contributed by atoms with van der Waals surface area (Å²) in [6.45, 7) is 6.21. The summed E-state index contributed by atoms with van der Waals surface area (Å²) in [6.07, 6.45) is 3.33. The number of H-pyrrole nitrogens is 1. The fraction of sp³-hybridized carbons (Fsp3) is 0.368. The molecule has 0 saturated carbocycles. The topological polar surface area (TPSA) is 59.9 Å². The van der Waals surface area contributed by atoms with Gasteiger partial charge in [0.1, 0.15) is 11.6 Å². The van der Waals surface area contributed by atoms with Crippen molar-refractivity contribution in [2.75, 3.05) is 18.0 Å². The predicted molar refractivity (Wildman–Crippen MR) is 92.8 cm³/mol. The third-order valence-electron chi connectivity index (χ3n) is 4.38. The van der Waals surface area contributed by atoms with Crippen molar-refractivity contribution in [3.8, 4) is 17.2 Å². The fourth-order valence-electron chi connectivity index (χ4n) is 3.37. The zero-order valence-corrected chi connectivity index (χ0v) is 13.6. The smallest absolute Gasteiger partial charge is 0.266 e. The second-order valence-corrected chi connectivity index (χ2v) is 6.12. The van der Waals surface area contributed by atoms with E-state index >= 15 is 0 Å². The van der Waals surface area contributed by atoms with Crippen molar-refractivity contribution in [1.29, 1.82) is 5.26 Å². The van der Waals surface area contributed by atoms with Gasteiger partial charge in [-0.15, -0.1) is 0 Å². The Bertz CT molecular complexity index is 829. The number of pyridine rings is 1. The number of aromatic nitrogens is 1. The van der Waals surface area contributed by atoms with Crippen LogP contribution in [0.25, 0.3) is 11.1 Å². The van der Waals surface area contributed by atoms with Crippen molar-refractivity contribution in [3.05, 3.63) is 51.4 Å². The van der Waals surface area contributed by atoms with Gasteiger partial charge >= 0.3 is 0 Å². The van der Waals surface area contributed by atoms with E-state index < -0.39 is 0 Å². The number of fused-ring (bicyclic) bond motifs is 1. The molecular weight excluding hydrogens is 286 g/mol. The van der Waals surface area contributed by atoms with Crippen LogP contribution in [0.3, 0.4) is 0 Å². The molecule has 0 fully saturated rings. The molecule has 1 aromatic carbocycles. The van der Waals surface area contributed by atoms with Gasteiger partial charge in [-0.2, -0.15) is 5.26 Å². The molecule has 1 aromatic heterocycles. The first-order valence-corrected chi connectivity index (χ1v) is 8.16. The van der Waals surface area contributed by atoms with Gasteiger partial charge in [0.25, 0.3) is 5.56 Å². The molecule has 0 amide bonds. The molecule has 0 atom stereocenters. The molecule has 0 spiro atoms. The van der Waals surface area contributed by atoms with Crippen LogP contribution < -0.4 is 10.5 Å². The van der Waals surface area contributed by atoms with E-state index in [4.69, 9.17) is 0 Å². The van der Waals surface area contributed by atoms with E-state index in [1.165, 1.54) is 11.3 Å². The van der Waals surface area contributed by atoms with Crippen LogP contribution in [-0.4, -0.2) is 18.1 Å². The Morgan fingerprint density at radius 2 is 2.17 bits per heavy atom. The van der Waals surface area contributed by atoms with Gasteiger partial charge in [-0.1, -0.05) is 13.0 Å². The quantitative estimate of drug-likeness (QED) is 0.945. The van der Waals surface area contributed by atoms with Crippen LogP contribution in [-0.2, 0) is 6.42 Å². The summed E-state index contributed by atoms with van der Waals surface area (Å²) in [5.41, 5.74) is 4.93. The number of hydrogen-bond donors (Lipinski definition) is 1. The largest absolute Gasteiger partial charge is 0.371 e. The van der Waals surface area contributed by atoms with E-state index in [1.54, 1.807) is 0 Å². The Labute approximate surface area is 136 Å². The molecule has 1 aliphatic rings. The molecule has 118 valence electrons. The van der Waals surface area contributed by atoms with E-state index in [0.29, 0.717) is 0 Å². The summed E-state index contributed by atoms with van der Waals surface area (Å²) in [6, 6.07) is 10.2. The van der Waals surface area contributed by atoms with Crippen LogP contribution in [0.4, 0.5) is 5.69 Å². The van der Waals surface area contributed by atoms with E-state index in [-0.39, 0.29) is 11.1 Å². The highest BCUT2D eigenvalue weighted by atomic mass is 16.1. The highest BCUT2D eigenvalue weighted by Crippen LogP contribution is 2.32. The van der Waals surface area contributed by atoms with Crippen molar-refractivity contribution in [3.63, 3.8) is 0 Å². The van der Waals surface area contributed by atoms with Gasteiger partial charge in [0.15, 0.2) is 0 Å². The summed E-state index contributed by atoms with van der Waals surface area (Å²) in [4.78, 5) is 17.1. The maximum absolute atomic E-state index is 12.0. The molecule has 0 bridgehead atoms. The zero-order chi connectivity index (χ0) is 16.4. The lowest BCUT2D eigenvalue weighted by atomic mass is 9.94. The molecule has 0 aliphatic carbocycles. The van der Waals surface area contributed by atoms with Crippen LogP contribution in [0.1, 0.15) is 36.6 Å². The van der Waals surface area contributed by atoms with Crippen molar-refractivity contribution in [2.45, 2.75) is 33.1 Å². The zero-order valence-electron chi connectivity index (χ0n) is 13.6. The summed E-state index contributed by atoms with van der Waals surface area (Å²) in [5.74, 6) is 0. The molecule has 23 heavy (non-hydrogen) atoms. The molecule has 2 aromatic rings. The molecule has 4 nitrogen and oxygen atoms in total. The highest BCUT2D eigenvalue weighted by Gasteiger charge is 2.18. The number of anilines is 1. The second-order valence-electron chi connectivity index (χ2n) is 6.12. The number of aromatic amines is 1. The first kappa shape index (κ1) is 15.4. The monoisotopic (exact) mass is 307 g/mol.